The molecule has 0 bridgehead atoms. The standard InChI is InChI=1S/C14H15N3O2/c1-9-4-5-11(8-10(9)2)14(3)12(18)17(7-6-15)13(19)16-14/h4-5,8H,7H2,1-3H3,(H,16,19). The van der Waals surface area contributed by atoms with Crippen molar-refractivity contribution in [3.8, 4) is 6.07 Å². The van der Waals surface area contributed by atoms with Gasteiger partial charge in [-0.15, -0.1) is 0 Å². The minimum atomic E-state index is -1.09. The van der Waals surface area contributed by atoms with Crippen molar-refractivity contribution in [2.24, 2.45) is 0 Å². The average Bonchev–Trinajstić information content (AvgIpc) is 2.58. The molecule has 1 N–H and O–H groups in total. The van der Waals surface area contributed by atoms with E-state index in [-0.39, 0.29) is 12.5 Å². The maximum atomic E-state index is 12.3. The van der Waals surface area contributed by atoms with Crippen molar-refractivity contribution >= 4 is 11.9 Å². The molecule has 0 aromatic heterocycles. The van der Waals surface area contributed by atoms with Gasteiger partial charge in [0.1, 0.15) is 12.1 Å². The quantitative estimate of drug-likeness (QED) is 0.646. The van der Waals surface area contributed by atoms with Gasteiger partial charge in [-0.2, -0.15) is 5.26 Å². The number of hydrogen-bond donors (Lipinski definition) is 1. The molecule has 3 amide bonds. The number of imide groups is 1. The third kappa shape index (κ3) is 1.95. The maximum absolute atomic E-state index is 12.3. The molecule has 1 heterocycles. The van der Waals surface area contributed by atoms with Crippen molar-refractivity contribution in [2.45, 2.75) is 26.3 Å². The molecule has 1 aromatic carbocycles. The van der Waals surface area contributed by atoms with Gasteiger partial charge >= 0.3 is 6.03 Å². The zero-order valence-electron chi connectivity index (χ0n) is 11.2. The van der Waals surface area contributed by atoms with Crippen LogP contribution in [-0.4, -0.2) is 23.4 Å². The van der Waals surface area contributed by atoms with Crippen LogP contribution in [0.15, 0.2) is 18.2 Å². The summed E-state index contributed by atoms with van der Waals surface area (Å²) in [6.07, 6.45) is 0. The van der Waals surface area contributed by atoms with Gasteiger partial charge in [-0.25, -0.2) is 9.69 Å². The monoisotopic (exact) mass is 257 g/mol. The summed E-state index contributed by atoms with van der Waals surface area (Å²) in [5.74, 6) is -0.387. The first-order valence-corrected chi connectivity index (χ1v) is 5.99. The van der Waals surface area contributed by atoms with E-state index in [0.717, 1.165) is 21.6 Å². The van der Waals surface area contributed by atoms with Crippen LogP contribution in [0, 0.1) is 25.2 Å². The van der Waals surface area contributed by atoms with Gasteiger partial charge in [0.2, 0.25) is 0 Å². The van der Waals surface area contributed by atoms with Gasteiger partial charge in [0.05, 0.1) is 6.07 Å². The van der Waals surface area contributed by atoms with Gasteiger partial charge in [0.25, 0.3) is 5.91 Å². The number of amides is 3. The predicted molar refractivity (Wildman–Crippen MR) is 69.1 cm³/mol. The highest BCUT2D eigenvalue weighted by atomic mass is 16.2. The normalized spacial score (nSPS) is 22.3. The molecule has 5 nitrogen and oxygen atoms in total. The van der Waals surface area contributed by atoms with Crippen LogP contribution in [0.5, 0.6) is 0 Å². The Kier molecular flexibility index (Phi) is 3.03. The van der Waals surface area contributed by atoms with Crippen LogP contribution in [0.25, 0.3) is 0 Å². The number of rotatable bonds is 2. The predicted octanol–water partition coefficient (Wildman–Crippen LogP) is 1.59. The highest BCUT2D eigenvalue weighted by Gasteiger charge is 2.48. The van der Waals surface area contributed by atoms with Crippen LogP contribution in [0.3, 0.4) is 0 Å². The molecule has 0 saturated carbocycles. The summed E-state index contributed by atoms with van der Waals surface area (Å²) in [4.78, 5) is 25.0. The van der Waals surface area contributed by atoms with Crippen LogP contribution in [0.2, 0.25) is 0 Å². The molecule has 5 heteroatoms. The Morgan fingerprint density at radius 2 is 2.00 bits per heavy atom. The number of carbonyl (C=O) groups is 2. The zero-order chi connectivity index (χ0) is 14.2. The third-order valence-corrected chi connectivity index (χ3v) is 3.59. The first-order valence-electron chi connectivity index (χ1n) is 5.99. The smallest absolute Gasteiger partial charge is 0.319 e. The molecule has 0 aliphatic carbocycles. The summed E-state index contributed by atoms with van der Waals surface area (Å²) in [6.45, 7) is 5.37. The molecule has 1 saturated heterocycles. The Bertz CT molecular complexity index is 603. The number of urea groups is 1. The van der Waals surface area contributed by atoms with Gasteiger partial charge < -0.3 is 5.32 Å². The first kappa shape index (κ1) is 13.1. The minimum absolute atomic E-state index is 0.231. The van der Waals surface area contributed by atoms with E-state index in [1.165, 1.54) is 0 Å². The Hall–Kier alpha value is -2.35. The summed E-state index contributed by atoms with van der Waals surface area (Å²) < 4.78 is 0. The SMILES string of the molecule is Cc1ccc(C2(C)NC(=O)N(CC#N)C2=O)cc1C. The van der Waals surface area contributed by atoms with Crippen LogP contribution < -0.4 is 5.32 Å². The van der Waals surface area contributed by atoms with E-state index in [1.807, 2.05) is 38.1 Å². The number of nitrogens with one attached hydrogen (secondary N) is 1. The Balaban J connectivity index is 2.44. The third-order valence-electron chi connectivity index (χ3n) is 3.59. The van der Waals surface area contributed by atoms with E-state index < -0.39 is 11.6 Å². The van der Waals surface area contributed by atoms with Gasteiger partial charge in [0, 0.05) is 0 Å². The molecule has 19 heavy (non-hydrogen) atoms. The Labute approximate surface area is 111 Å². The van der Waals surface area contributed by atoms with E-state index in [0.29, 0.717) is 0 Å². The maximum Gasteiger partial charge on any atom is 0.326 e. The molecule has 1 aliphatic rings. The van der Waals surface area contributed by atoms with E-state index in [4.69, 9.17) is 5.26 Å². The zero-order valence-corrected chi connectivity index (χ0v) is 11.2. The van der Waals surface area contributed by atoms with Crippen molar-refractivity contribution in [1.82, 2.24) is 10.2 Å². The molecule has 98 valence electrons. The van der Waals surface area contributed by atoms with Crippen molar-refractivity contribution in [3.63, 3.8) is 0 Å². The van der Waals surface area contributed by atoms with Gasteiger partial charge in [-0.1, -0.05) is 18.2 Å². The van der Waals surface area contributed by atoms with E-state index in [2.05, 4.69) is 5.32 Å². The Morgan fingerprint density at radius 1 is 1.32 bits per heavy atom. The van der Waals surface area contributed by atoms with Crippen LogP contribution in [0.1, 0.15) is 23.6 Å². The lowest BCUT2D eigenvalue weighted by Crippen LogP contribution is -2.41. The summed E-state index contributed by atoms with van der Waals surface area (Å²) in [5.41, 5.74) is 1.82. The summed E-state index contributed by atoms with van der Waals surface area (Å²) in [5, 5.41) is 11.3. The average molecular weight is 257 g/mol. The molecular weight excluding hydrogens is 242 g/mol. The summed E-state index contributed by atoms with van der Waals surface area (Å²) in [6, 6.07) is 6.94. The number of aryl methyl sites for hydroxylation is 2. The van der Waals surface area contributed by atoms with Crippen molar-refractivity contribution < 1.29 is 9.59 Å². The largest absolute Gasteiger partial charge is 0.326 e. The lowest BCUT2D eigenvalue weighted by atomic mass is 9.90. The Morgan fingerprint density at radius 3 is 2.58 bits per heavy atom. The van der Waals surface area contributed by atoms with Crippen molar-refractivity contribution in [2.75, 3.05) is 6.54 Å². The minimum Gasteiger partial charge on any atom is -0.319 e. The number of nitrogens with zero attached hydrogens (tertiary/aromatic N) is 2. The van der Waals surface area contributed by atoms with Crippen LogP contribution in [-0.2, 0) is 10.3 Å². The van der Waals surface area contributed by atoms with Crippen molar-refractivity contribution in [3.05, 3.63) is 34.9 Å². The molecule has 1 unspecified atom stereocenters. The summed E-state index contributed by atoms with van der Waals surface area (Å²) >= 11 is 0. The van der Waals surface area contributed by atoms with Crippen LogP contribution in [0.4, 0.5) is 4.79 Å². The molecule has 1 aromatic rings. The van der Waals surface area contributed by atoms with E-state index in [1.54, 1.807) is 6.92 Å². The van der Waals surface area contributed by atoms with Crippen LogP contribution >= 0.6 is 0 Å². The highest BCUT2D eigenvalue weighted by molar-refractivity contribution is 6.07. The molecule has 1 aliphatic heterocycles. The number of benzene rings is 1. The molecule has 2 rings (SSSR count). The number of hydrogen-bond acceptors (Lipinski definition) is 3. The number of nitriles is 1. The highest BCUT2D eigenvalue weighted by Crippen LogP contribution is 2.29. The fourth-order valence-corrected chi connectivity index (χ4v) is 2.16. The molecule has 0 spiro atoms. The lowest BCUT2D eigenvalue weighted by molar-refractivity contribution is -0.130. The summed E-state index contributed by atoms with van der Waals surface area (Å²) in [7, 11) is 0. The second-order valence-corrected chi connectivity index (χ2v) is 4.90. The number of carbonyl (C=O) groups excluding carboxylic acids is 2. The molecule has 1 atom stereocenters. The second kappa shape index (κ2) is 4.39. The lowest BCUT2D eigenvalue weighted by Gasteiger charge is -2.22. The topological polar surface area (TPSA) is 73.2 Å². The molecule has 0 radical (unpaired) electrons. The fraction of sp³-hybridized carbons (Fsp3) is 0.357. The first-order chi connectivity index (χ1) is 8.90. The van der Waals surface area contributed by atoms with E-state index in [9.17, 15) is 9.59 Å². The van der Waals surface area contributed by atoms with Gasteiger partial charge in [-0.05, 0) is 37.5 Å². The molecular formula is C14H15N3O2. The van der Waals surface area contributed by atoms with Crippen molar-refractivity contribution in [1.29, 1.82) is 5.26 Å². The van der Waals surface area contributed by atoms with Gasteiger partial charge in [0.15, 0.2) is 0 Å². The fourth-order valence-electron chi connectivity index (χ4n) is 2.16. The van der Waals surface area contributed by atoms with Gasteiger partial charge in [-0.3, -0.25) is 4.79 Å². The van der Waals surface area contributed by atoms with E-state index >= 15 is 0 Å². The molecule has 1 fully saturated rings. The second-order valence-electron chi connectivity index (χ2n) is 4.90.